The quantitative estimate of drug-likeness (QED) is 0.822. The largest absolute Gasteiger partial charge is 0.309 e. The zero-order valence-electron chi connectivity index (χ0n) is 10.4. The summed E-state index contributed by atoms with van der Waals surface area (Å²) in [6.45, 7) is 5.42. The fraction of sp³-hybridized carbons (Fsp3) is 0.429. The van der Waals surface area contributed by atoms with Crippen LogP contribution in [0, 0.1) is 0 Å². The molecule has 0 aliphatic carbocycles. The second-order valence-electron chi connectivity index (χ2n) is 4.05. The highest BCUT2D eigenvalue weighted by atomic mass is 32.1. The van der Waals surface area contributed by atoms with Crippen LogP contribution in [0.4, 0.5) is 0 Å². The lowest BCUT2D eigenvalue weighted by Gasteiger charge is -2.15. The Kier molecular flexibility index (Phi) is 4.77. The average Bonchev–Trinajstić information content (AvgIpc) is 2.99. The maximum Gasteiger partial charge on any atom is 0.0463 e. The van der Waals surface area contributed by atoms with Crippen molar-refractivity contribution in [2.45, 2.75) is 32.7 Å². The summed E-state index contributed by atoms with van der Waals surface area (Å²) >= 11 is 3.79. The SMILES string of the molecule is CCNC(Cc1cccs1)c1ccc(CC)s1. The topological polar surface area (TPSA) is 12.0 Å². The molecule has 0 aliphatic rings. The lowest BCUT2D eigenvalue weighted by atomic mass is 10.1. The highest BCUT2D eigenvalue weighted by Crippen LogP contribution is 2.27. The Morgan fingerprint density at radius 2 is 2.06 bits per heavy atom. The predicted molar refractivity (Wildman–Crippen MR) is 78.1 cm³/mol. The smallest absolute Gasteiger partial charge is 0.0463 e. The van der Waals surface area contributed by atoms with Crippen LogP contribution in [0.15, 0.2) is 29.6 Å². The van der Waals surface area contributed by atoms with Crippen LogP contribution in [-0.2, 0) is 12.8 Å². The number of hydrogen-bond donors (Lipinski definition) is 1. The Labute approximate surface area is 112 Å². The number of likely N-dealkylation sites (N-methyl/N-ethyl adjacent to an activating group) is 1. The number of aryl methyl sites for hydroxylation is 1. The average molecular weight is 265 g/mol. The van der Waals surface area contributed by atoms with Crippen LogP contribution in [0.5, 0.6) is 0 Å². The molecule has 2 aromatic heterocycles. The van der Waals surface area contributed by atoms with E-state index in [4.69, 9.17) is 0 Å². The minimum absolute atomic E-state index is 0.476. The highest BCUT2D eigenvalue weighted by Gasteiger charge is 2.13. The van der Waals surface area contributed by atoms with E-state index < -0.39 is 0 Å². The summed E-state index contributed by atoms with van der Waals surface area (Å²) in [4.78, 5) is 4.41. The number of nitrogens with one attached hydrogen (secondary N) is 1. The van der Waals surface area contributed by atoms with Gasteiger partial charge >= 0.3 is 0 Å². The highest BCUT2D eigenvalue weighted by molar-refractivity contribution is 7.12. The zero-order chi connectivity index (χ0) is 12.1. The van der Waals surface area contributed by atoms with Crippen molar-refractivity contribution < 1.29 is 0 Å². The van der Waals surface area contributed by atoms with Crippen molar-refractivity contribution in [3.05, 3.63) is 44.3 Å². The Balaban J connectivity index is 2.10. The second-order valence-corrected chi connectivity index (χ2v) is 6.28. The first kappa shape index (κ1) is 12.8. The van der Waals surface area contributed by atoms with Crippen LogP contribution in [0.3, 0.4) is 0 Å². The lowest BCUT2D eigenvalue weighted by molar-refractivity contribution is 0.562. The van der Waals surface area contributed by atoms with Crippen LogP contribution < -0.4 is 5.32 Å². The predicted octanol–water partition coefficient (Wildman–Crippen LogP) is 4.27. The van der Waals surface area contributed by atoms with E-state index in [1.807, 2.05) is 22.7 Å². The molecular weight excluding hydrogens is 246 g/mol. The van der Waals surface area contributed by atoms with Gasteiger partial charge in [0.2, 0.25) is 0 Å². The molecule has 1 nitrogen and oxygen atoms in total. The van der Waals surface area contributed by atoms with E-state index in [-0.39, 0.29) is 0 Å². The molecule has 0 spiro atoms. The third-order valence-corrected chi connectivity index (χ3v) is 5.05. The molecule has 0 bridgehead atoms. The third kappa shape index (κ3) is 3.41. The van der Waals surface area contributed by atoms with E-state index in [0.717, 1.165) is 19.4 Å². The van der Waals surface area contributed by atoms with E-state index >= 15 is 0 Å². The molecule has 0 aromatic carbocycles. The first-order valence-electron chi connectivity index (χ1n) is 6.17. The zero-order valence-corrected chi connectivity index (χ0v) is 12.0. The van der Waals surface area contributed by atoms with Gasteiger partial charge in [-0.3, -0.25) is 0 Å². The molecule has 1 N–H and O–H groups in total. The molecule has 17 heavy (non-hydrogen) atoms. The molecule has 2 rings (SSSR count). The third-order valence-electron chi connectivity index (χ3n) is 2.81. The normalized spacial score (nSPS) is 12.8. The maximum atomic E-state index is 3.59. The molecule has 2 heterocycles. The molecule has 92 valence electrons. The van der Waals surface area contributed by atoms with Crippen molar-refractivity contribution >= 4 is 22.7 Å². The van der Waals surface area contributed by atoms with E-state index in [2.05, 4.69) is 48.8 Å². The Hall–Kier alpha value is -0.640. The summed E-state index contributed by atoms with van der Waals surface area (Å²) in [6, 6.07) is 9.38. The minimum atomic E-state index is 0.476. The van der Waals surface area contributed by atoms with Gasteiger partial charge in [0.25, 0.3) is 0 Å². The van der Waals surface area contributed by atoms with E-state index in [9.17, 15) is 0 Å². The fourth-order valence-electron chi connectivity index (χ4n) is 1.92. The van der Waals surface area contributed by atoms with Gasteiger partial charge in [-0.1, -0.05) is 19.9 Å². The molecule has 3 heteroatoms. The first-order valence-corrected chi connectivity index (χ1v) is 7.87. The molecular formula is C14H19NS2. The van der Waals surface area contributed by atoms with E-state index in [0.29, 0.717) is 6.04 Å². The van der Waals surface area contributed by atoms with Gasteiger partial charge in [-0.2, -0.15) is 0 Å². The van der Waals surface area contributed by atoms with Crippen molar-refractivity contribution in [3.63, 3.8) is 0 Å². The minimum Gasteiger partial charge on any atom is -0.309 e. The molecule has 0 radical (unpaired) electrons. The van der Waals surface area contributed by atoms with Crippen molar-refractivity contribution in [1.29, 1.82) is 0 Å². The van der Waals surface area contributed by atoms with Crippen LogP contribution in [0.25, 0.3) is 0 Å². The molecule has 2 aromatic rings. The lowest BCUT2D eigenvalue weighted by Crippen LogP contribution is -2.21. The molecule has 1 unspecified atom stereocenters. The first-order chi connectivity index (χ1) is 8.33. The Morgan fingerprint density at radius 1 is 1.18 bits per heavy atom. The van der Waals surface area contributed by atoms with Gasteiger partial charge in [-0.25, -0.2) is 0 Å². The second kappa shape index (κ2) is 6.34. The monoisotopic (exact) mass is 265 g/mol. The molecule has 0 aliphatic heterocycles. The van der Waals surface area contributed by atoms with Gasteiger partial charge in [-0.05, 0) is 36.5 Å². The van der Waals surface area contributed by atoms with Crippen molar-refractivity contribution in [1.82, 2.24) is 5.32 Å². The van der Waals surface area contributed by atoms with Crippen molar-refractivity contribution in [2.75, 3.05) is 6.54 Å². The van der Waals surface area contributed by atoms with Crippen molar-refractivity contribution in [2.24, 2.45) is 0 Å². The summed E-state index contributed by atoms with van der Waals surface area (Å²) in [5, 5.41) is 5.75. The summed E-state index contributed by atoms with van der Waals surface area (Å²) in [5.41, 5.74) is 0. The van der Waals surface area contributed by atoms with E-state index in [1.54, 1.807) is 0 Å². The summed E-state index contributed by atoms with van der Waals surface area (Å²) in [5.74, 6) is 0. The standard InChI is InChI=1S/C14H19NS2/c1-3-11-7-8-14(17-11)13(15-4-2)10-12-6-5-9-16-12/h5-9,13,15H,3-4,10H2,1-2H3. The number of thiophene rings is 2. The Morgan fingerprint density at radius 3 is 2.65 bits per heavy atom. The van der Waals surface area contributed by atoms with E-state index in [1.165, 1.54) is 14.6 Å². The van der Waals surface area contributed by atoms with Crippen molar-refractivity contribution in [3.8, 4) is 0 Å². The summed E-state index contributed by atoms with van der Waals surface area (Å²) < 4.78 is 0. The van der Waals surface area contributed by atoms with Gasteiger partial charge in [-0.15, -0.1) is 22.7 Å². The van der Waals surface area contributed by atoms with Crippen LogP contribution in [-0.4, -0.2) is 6.54 Å². The van der Waals surface area contributed by atoms with Crippen LogP contribution in [0.2, 0.25) is 0 Å². The molecule has 1 atom stereocenters. The van der Waals surface area contributed by atoms with Gasteiger partial charge in [0.15, 0.2) is 0 Å². The molecule has 0 saturated carbocycles. The molecule has 0 saturated heterocycles. The number of rotatable bonds is 6. The molecule has 0 amide bonds. The molecule has 0 fully saturated rings. The maximum absolute atomic E-state index is 3.59. The van der Waals surface area contributed by atoms with Gasteiger partial charge in [0, 0.05) is 27.1 Å². The van der Waals surface area contributed by atoms with Crippen LogP contribution >= 0.6 is 22.7 Å². The summed E-state index contributed by atoms with van der Waals surface area (Å²) in [6.07, 6.45) is 2.25. The van der Waals surface area contributed by atoms with Gasteiger partial charge < -0.3 is 5.32 Å². The van der Waals surface area contributed by atoms with Crippen LogP contribution in [0.1, 0.15) is 34.5 Å². The Bertz CT molecular complexity index is 431. The fourth-order valence-corrected chi connectivity index (χ4v) is 3.70. The van der Waals surface area contributed by atoms with Gasteiger partial charge in [0.1, 0.15) is 0 Å². The van der Waals surface area contributed by atoms with Gasteiger partial charge in [0.05, 0.1) is 0 Å². The number of hydrogen-bond acceptors (Lipinski definition) is 3. The summed E-state index contributed by atoms with van der Waals surface area (Å²) in [7, 11) is 0.